The van der Waals surface area contributed by atoms with Crippen molar-refractivity contribution in [2.45, 2.75) is 43.8 Å². The molecule has 0 spiro atoms. The Morgan fingerprint density at radius 2 is 2.42 bits per heavy atom. The molecular weight excluding hydrogens is 340 g/mol. The Morgan fingerprint density at radius 1 is 1.50 bits per heavy atom. The van der Waals surface area contributed by atoms with Crippen molar-refractivity contribution in [3.63, 3.8) is 0 Å². The third-order valence-corrected chi connectivity index (χ3v) is 7.10. The van der Waals surface area contributed by atoms with Gasteiger partial charge in [-0.3, -0.25) is 9.89 Å². The number of thioether (sulfide) groups is 1. The summed E-state index contributed by atoms with van der Waals surface area (Å²) in [5.74, 6) is 3.64. The van der Waals surface area contributed by atoms with Crippen molar-refractivity contribution in [1.29, 1.82) is 0 Å². The second-order valence-corrected chi connectivity index (χ2v) is 8.82. The van der Waals surface area contributed by atoms with Gasteiger partial charge in [-0.05, 0) is 55.4 Å². The smallest absolute Gasteiger partial charge is 0.230 e. The first-order chi connectivity index (χ1) is 11.7. The van der Waals surface area contributed by atoms with Crippen LogP contribution in [0.1, 0.15) is 32.6 Å². The number of aromatic amines is 1. The first-order valence-electron chi connectivity index (χ1n) is 8.57. The summed E-state index contributed by atoms with van der Waals surface area (Å²) >= 11 is 3.01. The molecule has 0 aliphatic heterocycles. The van der Waals surface area contributed by atoms with Gasteiger partial charge in [0.2, 0.25) is 11.1 Å². The first kappa shape index (κ1) is 16.1. The van der Waals surface area contributed by atoms with Crippen LogP contribution in [0.5, 0.6) is 0 Å². The van der Waals surface area contributed by atoms with Gasteiger partial charge < -0.3 is 5.32 Å². The molecule has 0 aromatic carbocycles. The molecule has 2 aromatic rings. The Kier molecular flexibility index (Phi) is 4.63. The maximum absolute atomic E-state index is 12.2. The van der Waals surface area contributed by atoms with Crippen molar-refractivity contribution in [3.8, 4) is 10.7 Å². The van der Waals surface area contributed by atoms with Crippen molar-refractivity contribution in [1.82, 2.24) is 20.5 Å². The van der Waals surface area contributed by atoms with Crippen LogP contribution in [0.2, 0.25) is 0 Å². The molecule has 0 unspecified atom stereocenters. The fraction of sp³-hybridized carbons (Fsp3) is 0.588. The van der Waals surface area contributed by atoms with E-state index < -0.39 is 0 Å². The zero-order valence-corrected chi connectivity index (χ0v) is 15.3. The topological polar surface area (TPSA) is 70.7 Å². The summed E-state index contributed by atoms with van der Waals surface area (Å²) in [4.78, 5) is 17.7. The lowest BCUT2D eigenvalue weighted by molar-refractivity contribution is -0.119. The van der Waals surface area contributed by atoms with Crippen LogP contribution in [0, 0.1) is 17.8 Å². The quantitative estimate of drug-likeness (QED) is 0.771. The van der Waals surface area contributed by atoms with Crippen LogP contribution in [0.25, 0.3) is 10.7 Å². The largest absolute Gasteiger partial charge is 0.353 e. The van der Waals surface area contributed by atoms with E-state index in [9.17, 15) is 4.79 Å². The molecule has 0 saturated heterocycles. The molecule has 2 N–H and O–H groups in total. The summed E-state index contributed by atoms with van der Waals surface area (Å²) in [5.41, 5.74) is 0. The molecule has 2 aliphatic carbocycles. The first-order valence-corrected chi connectivity index (χ1v) is 10.4. The average molecular weight is 363 g/mol. The molecule has 5 nitrogen and oxygen atoms in total. The number of fused-ring (bicyclic) bond motifs is 2. The number of aromatic nitrogens is 3. The predicted molar refractivity (Wildman–Crippen MR) is 97.0 cm³/mol. The van der Waals surface area contributed by atoms with Gasteiger partial charge in [0.15, 0.2) is 5.82 Å². The minimum atomic E-state index is 0.0812. The zero-order valence-electron chi connectivity index (χ0n) is 13.7. The number of amides is 1. The van der Waals surface area contributed by atoms with Crippen LogP contribution in [0.3, 0.4) is 0 Å². The molecule has 2 heterocycles. The van der Waals surface area contributed by atoms with Crippen LogP contribution in [0.15, 0.2) is 22.7 Å². The number of carbonyl (C=O) groups excluding carboxylic acids is 1. The third-order valence-electron chi connectivity index (χ3n) is 5.38. The summed E-state index contributed by atoms with van der Waals surface area (Å²) in [6.45, 7) is 2.16. The average Bonchev–Trinajstić information content (AvgIpc) is 3.37. The van der Waals surface area contributed by atoms with E-state index in [2.05, 4.69) is 27.4 Å². The van der Waals surface area contributed by atoms with E-state index in [1.165, 1.54) is 37.4 Å². The Bertz CT molecular complexity index is 699. The van der Waals surface area contributed by atoms with Gasteiger partial charge >= 0.3 is 0 Å². The molecule has 128 valence electrons. The lowest BCUT2D eigenvalue weighted by Gasteiger charge is -2.28. The van der Waals surface area contributed by atoms with Gasteiger partial charge in [-0.15, -0.1) is 16.4 Å². The van der Waals surface area contributed by atoms with Crippen LogP contribution < -0.4 is 5.32 Å². The number of rotatable bonds is 6. The molecule has 0 radical (unpaired) electrons. The van der Waals surface area contributed by atoms with Crippen molar-refractivity contribution in [2.75, 3.05) is 5.75 Å². The van der Waals surface area contributed by atoms with Crippen molar-refractivity contribution in [2.24, 2.45) is 17.8 Å². The van der Waals surface area contributed by atoms with Crippen molar-refractivity contribution >= 4 is 29.0 Å². The number of thiophene rings is 1. The molecule has 2 bridgehead atoms. The molecule has 1 amide bonds. The van der Waals surface area contributed by atoms with Gasteiger partial charge in [-0.2, -0.15) is 0 Å². The number of nitrogens with one attached hydrogen (secondary N) is 2. The molecule has 4 rings (SSSR count). The second kappa shape index (κ2) is 6.88. The number of H-pyrrole nitrogens is 1. The fourth-order valence-electron chi connectivity index (χ4n) is 4.27. The number of carbonyl (C=O) groups is 1. The van der Waals surface area contributed by atoms with Crippen LogP contribution in [-0.2, 0) is 4.79 Å². The van der Waals surface area contributed by atoms with Gasteiger partial charge in [0.1, 0.15) is 0 Å². The van der Waals surface area contributed by atoms with Crippen molar-refractivity contribution < 1.29 is 4.79 Å². The van der Waals surface area contributed by atoms with E-state index in [1.807, 2.05) is 17.5 Å². The number of nitrogens with zero attached hydrogens (tertiary/aromatic N) is 2. The summed E-state index contributed by atoms with van der Waals surface area (Å²) in [5, 5.41) is 12.9. The Hall–Kier alpha value is -1.34. The second-order valence-electron chi connectivity index (χ2n) is 6.93. The van der Waals surface area contributed by atoms with E-state index in [4.69, 9.17) is 0 Å². The molecule has 7 heteroatoms. The van der Waals surface area contributed by atoms with Crippen LogP contribution >= 0.6 is 23.1 Å². The van der Waals surface area contributed by atoms with Gasteiger partial charge in [-0.25, -0.2) is 4.98 Å². The summed E-state index contributed by atoms with van der Waals surface area (Å²) in [6.07, 6.45) is 5.43. The summed E-state index contributed by atoms with van der Waals surface area (Å²) in [7, 11) is 0. The number of hydrogen-bond donors (Lipinski definition) is 2. The van der Waals surface area contributed by atoms with E-state index in [0.717, 1.165) is 22.5 Å². The minimum Gasteiger partial charge on any atom is -0.353 e. The Morgan fingerprint density at radius 3 is 3.12 bits per heavy atom. The molecule has 2 aliphatic rings. The SMILES string of the molecule is C[C@@H](NC(=O)CSc1n[nH]c(-c2cccs2)n1)[C@@H]1C[C@H]2CC[C@H]1C2. The normalized spacial score (nSPS) is 26.6. The lowest BCUT2D eigenvalue weighted by atomic mass is 9.84. The highest BCUT2D eigenvalue weighted by atomic mass is 32.2. The highest BCUT2D eigenvalue weighted by Gasteiger charge is 2.42. The maximum Gasteiger partial charge on any atom is 0.230 e. The van der Waals surface area contributed by atoms with Gasteiger partial charge in [0.25, 0.3) is 0 Å². The van der Waals surface area contributed by atoms with Crippen molar-refractivity contribution in [3.05, 3.63) is 17.5 Å². The van der Waals surface area contributed by atoms with E-state index >= 15 is 0 Å². The van der Waals surface area contributed by atoms with Crippen LogP contribution in [-0.4, -0.2) is 32.9 Å². The Labute approximate surface area is 150 Å². The van der Waals surface area contributed by atoms with E-state index in [0.29, 0.717) is 16.8 Å². The predicted octanol–water partition coefficient (Wildman–Crippen LogP) is 3.57. The Balaban J connectivity index is 1.26. The number of hydrogen-bond acceptors (Lipinski definition) is 5. The van der Waals surface area contributed by atoms with Gasteiger partial charge in [0, 0.05) is 6.04 Å². The third kappa shape index (κ3) is 3.37. The summed E-state index contributed by atoms with van der Waals surface area (Å²) < 4.78 is 0. The minimum absolute atomic E-state index is 0.0812. The molecule has 24 heavy (non-hydrogen) atoms. The zero-order chi connectivity index (χ0) is 16.5. The van der Waals surface area contributed by atoms with Gasteiger partial charge in [-0.1, -0.05) is 24.2 Å². The van der Waals surface area contributed by atoms with E-state index in [1.54, 1.807) is 11.3 Å². The molecular formula is C17H22N4OS2. The molecule has 2 fully saturated rings. The standard InChI is InChI=1S/C17H22N4OS2/c1-10(13-8-11-4-5-12(13)7-11)18-15(22)9-24-17-19-16(20-21-17)14-3-2-6-23-14/h2-3,6,10-13H,4-5,7-9H2,1H3,(H,18,22)(H,19,20,21)/t10-,11+,12+,13+/m1/s1. The lowest BCUT2D eigenvalue weighted by Crippen LogP contribution is -2.40. The highest BCUT2D eigenvalue weighted by Crippen LogP contribution is 2.49. The monoisotopic (exact) mass is 362 g/mol. The molecule has 2 saturated carbocycles. The highest BCUT2D eigenvalue weighted by molar-refractivity contribution is 7.99. The summed E-state index contributed by atoms with van der Waals surface area (Å²) in [6, 6.07) is 4.27. The molecule has 4 atom stereocenters. The van der Waals surface area contributed by atoms with Gasteiger partial charge in [0.05, 0.1) is 10.6 Å². The fourth-order valence-corrected chi connectivity index (χ4v) is 5.55. The maximum atomic E-state index is 12.2. The van der Waals surface area contributed by atoms with Crippen LogP contribution in [0.4, 0.5) is 0 Å². The molecule has 2 aromatic heterocycles. The van der Waals surface area contributed by atoms with E-state index in [-0.39, 0.29) is 11.9 Å².